The van der Waals surface area contributed by atoms with Crippen molar-refractivity contribution in [3.63, 3.8) is 0 Å². The zero-order valence-corrected chi connectivity index (χ0v) is 10.4. The van der Waals surface area contributed by atoms with Gasteiger partial charge in [-0.2, -0.15) is 0 Å². The maximum absolute atomic E-state index is 11.6. The van der Waals surface area contributed by atoms with Gasteiger partial charge < -0.3 is 10.4 Å². The van der Waals surface area contributed by atoms with Crippen molar-refractivity contribution in [2.45, 2.75) is 13.8 Å². The summed E-state index contributed by atoms with van der Waals surface area (Å²) in [5.74, 6) is -1.97. The molecular weight excluding hydrogens is 250 g/mol. The molecule has 1 heterocycles. The van der Waals surface area contributed by atoms with E-state index in [4.69, 9.17) is 5.11 Å². The highest BCUT2D eigenvalue weighted by Crippen LogP contribution is 2.05. The van der Waals surface area contributed by atoms with Crippen LogP contribution >= 0.6 is 0 Å². The minimum Gasteiger partial charge on any atom is -0.478 e. The Morgan fingerprint density at radius 3 is 2.42 bits per heavy atom. The summed E-state index contributed by atoms with van der Waals surface area (Å²) in [5.41, 5.74) is 0.268. The van der Waals surface area contributed by atoms with Crippen molar-refractivity contribution in [1.82, 2.24) is 10.3 Å². The number of carboxylic acids is 1. The van der Waals surface area contributed by atoms with E-state index in [9.17, 15) is 14.4 Å². The van der Waals surface area contributed by atoms with Crippen LogP contribution in [-0.2, 0) is 9.59 Å². The van der Waals surface area contributed by atoms with Gasteiger partial charge in [-0.3, -0.25) is 15.1 Å². The van der Waals surface area contributed by atoms with Gasteiger partial charge in [-0.05, 0) is 26.0 Å². The summed E-state index contributed by atoms with van der Waals surface area (Å²) in [4.78, 5) is 37.5. The molecule has 0 bridgehead atoms. The largest absolute Gasteiger partial charge is 0.478 e. The molecule has 0 saturated heterocycles. The van der Waals surface area contributed by atoms with Crippen molar-refractivity contribution < 1.29 is 19.5 Å². The lowest BCUT2D eigenvalue weighted by Gasteiger charge is -2.07. The van der Waals surface area contributed by atoms with Crippen LogP contribution in [0.3, 0.4) is 0 Å². The van der Waals surface area contributed by atoms with Crippen LogP contribution in [0.5, 0.6) is 0 Å². The van der Waals surface area contributed by atoms with Crippen molar-refractivity contribution in [3.8, 4) is 0 Å². The smallest absolute Gasteiger partial charge is 0.331 e. The molecule has 1 rings (SSSR count). The number of pyridine rings is 1. The number of rotatable bonds is 3. The van der Waals surface area contributed by atoms with E-state index in [1.54, 1.807) is 12.1 Å². The molecule has 0 fully saturated rings. The first-order valence-electron chi connectivity index (χ1n) is 5.35. The van der Waals surface area contributed by atoms with Crippen LogP contribution < -0.4 is 10.6 Å². The van der Waals surface area contributed by atoms with E-state index in [0.717, 1.165) is 0 Å². The Labute approximate surface area is 109 Å². The summed E-state index contributed by atoms with van der Waals surface area (Å²) in [5, 5.41) is 13.1. The molecule has 0 radical (unpaired) electrons. The van der Waals surface area contributed by atoms with Gasteiger partial charge >= 0.3 is 12.0 Å². The number of imide groups is 1. The molecule has 1 aromatic heterocycles. The highest BCUT2D eigenvalue weighted by atomic mass is 16.4. The van der Waals surface area contributed by atoms with E-state index < -0.39 is 17.9 Å². The Kier molecular flexibility index (Phi) is 4.76. The minimum absolute atomic E-state index is 0.0335. The fourth-order valence-corrected chi connectivity index (χ4v) is 1.13. The van der Waals surface area contributed by atoms with Gasteiger partial charge in [0, 0.05) is 17.3 Å². The fourth-order valence-electron chi connectivity index (χ4n) is 1.13. The zero-order valence-electron chi connectivity index (χ0n) is 10.4. The van der Waals surface area contributed by atoms with Gasteiger partial charge in [0.15, 0.2) is 0 Å². The second-order valence-corrected chi connectivity index (χ2v) is 3.71. The first-order valence-corrected chi connectivity index (χ1v) is 5.35. The van der Waals surface area contributed by atoms with Crippen LogP contribution in [0, 0.1) is 0 Å². The normalized spacial score (nSPS) is 11.3. The van der Waals surface area contributed by atoms with Crippen molar-refractivity contribution in [2.24, 2.45) is 0 Å². The zero-order chi connectivity index (χ0) is 14.4. The highest BCUT2D eigenvalue weighted by Gasteiger charge is 2.15. The van der Waals surface area contributed by atoms with Gasteiger partial charge in [0.25, 0.3) is 5.91 Å². The van der Waals surface area contributed by atoms with E-state index in [1.165, 1.54) is 26.2 Å². The predicted molar refractivity (Wildman–Crippen MR) is 67.4 cm³/mol. The molecule has 0 unspecified atom stereocenters. The number of nitrogens with zero attached hydrogens (tertiary/aromatic N) is 1. The average molecular weight is 263 g/mol. The standard InChI is InChI=1S/C12H13N3O4/c1-7(8(2)11(17)18)10(16)15-12(19)14-9-4-3-5-13-6-9/h3-6H,1-2H3,(H,17,18)(H2,14,15,16,19). The maximum Gasteiger partial charge on any atom is 0.331 e. The average Bonchev–Trinajstić information content (AvgIpc) is 2.37. The SMILES string of the molecule is CC(C(=O)O)=C(C)C(=O)NC(=O)Nc1cccnc1. The molecule has 0 aliphatic carbocycles. The minimum atomic E-state index is -1.21. The maximum atomic E-state index is 11.6. The molecule has 0 aliphatic heterocycles. The van der Waals surface area contributed by atoms with E-state index >= 15 is 0 Å². The molecule has 3 amide bonds. The van der Waals surface area contributed by atoms with Crippen LogP contribution in [-0.4, -0.2) is 28.0 Å². The number of carbonyl (C=O) groups excluding carboxylic acids is 2. The molecule has 0 saturated carbocycles. The van der Waals surface area contributed by atoms with Gasteiger partial charge in [-0.1, -0.05) is 0 Å². The number of aliphatic carboxylic acids is 1. The number of nitrogens with one attached hydrogen (secondary N) is 2. The molecule has 0 aromatic carbocycles. The van der Waals surface area contributed by atoms with Gasteiger partial charge in [-0.15, -0.1) is 0 Å². The summed E-state index contributed by atoms with van der Waals surface area (Å²) in [6.45, 7) is 2.62. The summed E-state index contributed by atoms with van der Waals surface area (Å²) in [6, 6.07) is 2.47. The van der Waals surface area contributed by atoms with Crippen molar-refractivity contribution in [3.05, 3.63) is 35.7 Å². The number of carboxylic acid groups (broad SMARTS) is 1. The number of urea groups is 1. The summed E-state index contributed by atoms with van der Waals surface area (Å²) in [7, 11) is 0. The van der Waals surface area contributed by atoms with Gasteiger partial charge in [0.2, 0.25) is 0 Å². The Hall–Kier alpha value is -2.70. The number of hydrogen-bond acceptors (Lipinski definition) is 4. The van der Waals surface area contributed by atoms with Gasteiger partial charge in [0.1, 0.15) is 0 Å². The Balaban J connectivity index is 2.66. The van der Waals surface area contributed by atoms with Gasteiger partial charge in [-0.25, -0.2) is 9.59 Å². The predicted octanol–water partition coefficient (Wildman–Crippen LogP) is 1.15. The Bertz CT molecular complexity index is 537. The van der Waals surface area contributed by atoms with Gasteiger partial charge in [0.05, 0.1) is 11.9 Å². The van der Waals surface area contributed by atoms with E-state index in [-0.39, 0.29) is 11.1 Å². The molecule has 3 N–H and O–H groups in total. The second-order valence-electron chi connectivity index (χ2n) is 3.71. The van der Waals surface area contributed by atoms with Crippen LogP contribution in [0.25, 0.3) is 0 Å². The van der Waals surface area contributed by atoms with Crippen LogP contribution in [0.1, 0.15) is 13.8 Å². The van der Waals surface area contributed by atoms with Crippen LogP contribution in [0.4, 0.5) is 10.5 Å². The third-order valence-corrected chi connectivity index (χ3v) is 2.37. The van der Waals surface area contributed by atoms with Crippen molar-refractivity contribution in [1.29, 1.82) is 0 Å². The topological polar surface area (TPSA) is 108 Å². The lowest BCUT2D eigenvalue weighted by molar-refractivity contribution is -0.133. The lowest BCUT2D eigenvalue weighted by Crippen LogP contribution is -2.35. The molecular formula is C12H13N3O4. The summed E-state index contributed by atoms with van der Waals surface area (Å²) >= 11 is 0. The Morgan fingerprint density at radius 2 is 1.89 bits per heavy atom. The highest BCUT2D eigenvalue weighted by molar-refractivity contribution is 6.10. The first-order chi connectivity index (χ1) is 8.91. The number of hydrogen-bond donors (Lipinski definition) is 3. The fraction of sp³-hybridized carbons (Fsp3) is 0.167. The number of aromatic nitrogens is 1. The number of carbonyl (C=O) groups is 3. The summed E-state index contributed by atoms with van der Waals surface area (Å²) in [6.07, 6.45) is 2.95. The van der Waals surface area contributed by atoms with Crippen LogP contribution in [0.15, 0.2) is 35.7 Å². The monoisotopic (exact) mass is 263 g/mol. The lowest BCUT2D eigenvalue weighted by atomic mass is 10.1. The molecule has 1 aromatic rings. The van der Waals surface area contributed by atoms with Crippen molar-refractivity contribution in [2.75, 3.05) is 5.32 Å². The third kappa shape index (κ3) is 4.23. The number of amides is 3. The first kappa shape index (κ1) is 14.4. The molecule has 7 heteroatoms. The quantitative estimate of drug-likeness (QED) is 0.709. The summed E-state index contributed by atoms with van der Waals surface area (Å²) < 4.78 is 0. The van der Waals surface area contributed by atoms with E-state index in [2.05, 4.69) is 10.3 Å². The van der Waals surface area contributed by atoms with E-state index in [1.807, 2.05) is 5.32 Å². The molecule has 7 nitrogen and oxygen atoms in total. The third-order valence-electron chi connectivity index (χ3n) is 2.37. The number of anilines is 1. The van der Waals surface area contributed by atoms with E-state index in [0.29, 0.717) is 5.69 Å². The van der Waals surface area contributed by atoms with Crippen molar-refractivity contribution >= 4 is 23.6 Å². The second kappa shape index (κ2) is 6.29. The molecule has 19 heavy (non-hydrogen) atoms. The Morgan fingerprint density at radius 1 is 1.21 bits per heavy atom. The molecule has 0 atom stereocenters. The molecule has 0 spiro atoms. The molecule has 100 valence electrons. The van der Waals surface area contributed by atoms with Crippen LogP contribution in [0.2, 0.25) is 0 Å². The molecule has 0 aliphatic rings.